The summed E-state index contributed by atoms with van der Waals surface area (Å²) in [4.78, 5) is 22.6. The van der Waals surface area contributed by atoms with E-state index in [9.17, 15) is 27.0 Å². The quantitative estimate of drug-likeness (QED) is 0.546. The fourth-order valence-corrected chi connectivity index (χ4v) is 3.10. The Morgan fingerprint density at radius 1 is 1.27 bits per heavy atom. The Labute approximate surface area is 152 Å². The summed E-state index contributed by atoms with van der Waals surface area (Å²) in [5.74, 6) is -2.67. The van der Waals surface area contributed by atoms with Gasteiger partial charge < -0.3 is 10.1 Å². The first-order chi connectivity index (χ1) is 12.0. The number of esters is 1. The average molecular weight is 391 g/mol. The van der Waals surface area contributed by atoms with Crippen LogP contribution in [0.25, 0.3) is 0 Å². The summed E-state index contributed by atoms with van der Waals surface area (Å²) in [5.41, 5.74) is 0.980. The minimum atomic E-state index is -4.95. The lowest BCUT2D eigenvalue weighted by atomic mass is 10.2. The first kappa shape index (κ1) is 21.9. The molecule has 9 heteroatoms. The molecular weight excluding hydrogens is 371 g/mol. The number of hydrogen-bond donors (Lipinski definition) is 1. The minimum Gasteiger partial charge on any atom is -0.457 e. The second kappa shape index (κ2) is 9.51. The van der Waals surface area contributed by atoms with Gasteiger partial charge in [0.05, 0.1) is 15.7 Å². The summed E-state index contributed by atoms with van der Waals surface area (Å²) in [6.45, 7) is 6.49. The predicted molar refractivity (Wildman–Crippen MR) is 90.6 cm³/mol. The molecule has 0 bridgehead atoms. The lowest BCUT2D eigenvalue weighted by molar-refractivity contribution is -0.173. The molecule has 0 heterocycles. The number of halogens is 3. The first-order valence-electron chi connectivity index (χ1n) is 7.72. The number of hydrogen-bond acceptors (Lipinski definition) is 4. The molecule has 26 heavy (non-hydrogen) atoms. The summed E-state index contributed by atoms with van der Waals surface area (Å²) >= 11 is 0. The lowest BCUT2D eigenvalue weighted by Crippen LogP contribution is -2.37. The van der Waals surface area contributed by atoms with Crippen LogP contribution < -0.4 is 5.32 Å². The summed E-state index contributed by atoms with van der Waals surface area (Å²) in [7, 11) is -1.65. The van der Waals surface area contributed by atoms with Crippen molar-refractivity contribution in [3.63, 3.8) is 0 Å². The SMILES string of the molecule is C=C(C(CCCNC(=O)C(F)(F)F)OC(C)=O)[S@@](=O)c1ccc(C)cc1. The molecule has 144 valence electrons. The molecule has 0 aliphatic rings. The first-order valence-corrected chi connectivity index (χ1v) is 8.87. The van der Waals surface area contributed by atoms with Gasteiger partial charge in [-0.1, -0.05) is 24.3 Å². The van der Waals surface area contributed by atoms with Crippen molar-refractivity contribution >= 4 is 22.7 Å². The van der Waals surface area contributed by atoms with Gasteiger partial charge in [0.15, 0.2) is 0 Å². The number of carbonyl (C=O) groups is 2. The smallest absolute Gasteiger partial charge is 0.457 e. The van der Waals surface area contributed by atoms with E-state index in [4.69, 9.17) is 4.74 Å². The summed E-state index contributed by atoms with van der Waals surface area (Å²) in [6.07, 6.45) is -5.72. The van der Waals surface area contributed by atoms with Crippen molar-refractivity contribution in [2.24, 2.45) is 0 Å². The molecule has 1 amide bonds. The van der Waals surface area contributed by atoms with Gasteiger partial charge in [-0.2, -0.15) is 13.2 Å². The van der Waals surface area contributed by atoms with Gasteiger partial charge in [-0.05, 0) is 31.9 Å². The number of carbonyl (C=O) groups excluding carboxylic acids is 2. The molecule has 0 fully saturated rings. The third-order valence-corrected chi connectivity index (χ3v) is 4.77. The van der Waals surface area contributed by atoms with Gasteiger partial charge in [-0.3, -0.25) is 9.59 Å². The highest BCUT2D eigenvalue weighted by Gasteiger charge is 2.38. The fourth-order valence-electron chi connectivity index (χ4n) is 2.01. The van der Waals surface area contributed by atoms with Crippen molar-refractivity contribution in [2.45, 2.75) is 43.9 Å². The van der Waals surface area contributed by atoms with Gasteiger partial charge in [0.2, 0.25) is 0 Å². The minimum absolute atomic E-state index is 0.0775. The zero-order valence-electron chi connectivity index (χ0n) is 14.4. The van der Waals surface area contributed by atoms with Crippen LogP contribution >= 0.6 is 0 Å². The predicted octanol–water partition coefficient (Wildman–Crippen LogP) is 3.01. The Morgan fingerprint density at radius 2 is 1.85 bits per heavy atom. The summed E-state index contributed by atoms with van der Waals surface area (Å²) in [5, 5.41) is 1.73. The molecule has 1 aromatic carbocycles. The molecular formula is C17H20F3NO4S. The van der Waals surface area contributed by atoms with Crippen LogP contribution in [0.3, 0.4) is 0 Å². The number of nitrogens with one attached hydrogen (secondary N) is 1. The van der Waals surface area contributed by atoms with Crippen LogP contribution in [0.1, 0.15) is 25.3 Å². The Hall–Kier alpha value is -2.16. The number of ether oxygens (including phenoxy) is 1. The maximum atomic E-state index is 12.6. The van der Waals surface area contributed by atoms with E-state index in [0.717, 1.165) is 5.56 Å². The molecule has 0 aromatic heterocycles. The van der Waals surface area contributed by atoms with E-state index in [1.165, 1.54) is 6.92 Å². The average Bonchev–Trinajstić information content (AvgIpc) is 2.55. The number of benzene rings is 1. The molecule has 0 spiro atoms. The van der Waals surface area contributed by atoms with Crippen molar-refractivity contribution in [3.05, 3.63) is 41.3 Å². The van der Waals surface area contributed by atoms with Gasteiger partial charge in [0.25, 0.3) is 0 Å². The van der Waals surface area contributed by atoms with E-state index in [1.807, 2.05) is 6.92 Å². The van der Waals surface area contributed by atoms with Gasteiger partial charge in [0, 0.05) is 18.4 Å². The van der Waals surface area contributed by atoms with Gasteiger partial charge in [-0.25, -0.2) is 4.21 Å². The molecule has 0 aliphatic heterocycles. The highest BCUT2D eigenvalue weighted by molar-refractivity contribution is 7.89. The lowest BCUT2D eigenvalue weighted by Gasteiger charge is -2.19. The number of alkyl halides is 3. The molecule has 2 atom stereocenters. The zero-order valence-corrected chi connectivity index (χ0v) is 15.2. The molecule has 0 radical (unpaired) electrons. The van der Waals surface area contributed by atoms with Crippen LogP contribution in [0, 0.1) is 6.92 Å². The van der Waals surface area contributed by atoms with Crippen molar-refractivity contribution in [1.82, 2.24) is 5.32 Å². The van der Waals surface area contributed by atoms with Crippen LogP contribution in [-0.2, 0) is 25.1 Å². The Bertz CT molecular complexity index is 686. The molecule has 0 saturated carbocycles. The highest BCUT2D eigenvalue weighted by atomic mass is 32.2. The molecule has 1 N–H and O–H groups in total. The molecule has 0 saturated heterocycles. The van der Waals surface area contributed by atoms with Crippen molar-refractivity contribution < 1.29 is 31.7 Å². The highest BCUT2D eigenvalue weighted by Crippen LogP contribution is 2.22. The Kier molecular flexibility index (Phi) is 8.01. The largest absolute Gasteiger partial charge is 0.471 e. The van der Waals surface area contributed by atoms with Crippen LogP contribution in [0.2, 0.25) is 0 Å². The van der Waals surface area contributed by atoms with E-state index < -0.39 is 35.0 Å². The Morgan fingerprint density at radius 3 is 2.35 bits per heavy atom. The van der Waals surface area contributed by atoms with Crippen LogP contribution in [0.15, 0.2) is 40.6 Å². The molecule has 1 rings (SSSR count). The Balaban J connectivity index is 2.69. The van der Waals surface area contributed by atoms with Crippen molar-refractivity contribution in [2.75, 3.05) is 6.54 Å². The number of aryl methyl sites for hydroxylation is 1. The monoisotopic (exact) mass is 391 g/mol. The van der Waals surface area contributed by atoms with E-state index in [0.29, 0.717) is 4.90 Å². The van der Waals surface area contributed by atoms with Crippen LogP contribution in [0.4, 0.5) is 13.2 Å². The summed E-state index contributed by atoms with van der Waals surface area (Å²) < 4.78 is 54.0. The third kappa shape index (κ3) is 6.99. The van der Waals surface area contributed by atoms with E-state index in [1.54, 1.807) is 29.6 Å². The van der Waals surface area contributed by atoms with Crippen molar-refractivity contribution in [1.29, 1.82) is 0 Å². The van der Waals surface area contributed by atoms with Crippen molar-refractivity contribution in [3.8, 4) is 0 Å². The van der Waals surface area contributed by atoms with Crippen LogP contribution in [0.5, 0.6) is 0 Å². The maximum Gasteiger partial charge on any atom is 0.471 e. The van der Waals surface area contributed by atoms with Gasteiger partial charge in [0.1, 0.15) is 6.10 Å². The van der Waals surface area contributed by atoms with Gasteiger partial charge >= 0.3 is 18.1 Å². The number of amides is 1. The zero-order chi connectivity index (χ0) is 19.9. The second-order valence-electron chi connectivity index (χ2n) is 5.54. The molecule has 1 aromatic rings. The normalized spacial score (nSPS) is 13.6. The molecule has 5 nitrogen and oxygen atoms in total. The van der Waals surface area contributed by atoms with E-state index in [2.05, 4.69) is 6.58 Å². The summed E-state index contributed by atoms with van der Waals surface area (Å²) in [6, 6.07) is 6.86. The topological polar surface area (TPSA) is 72.5 Å². The van der Waals surface area contributed by atoms with E-state index >= 15 is 0 Å². The fraction of sp³-hybridized carbons (Fsp3) is 0.412. The van der Waals surface area contributed by atoms with Crippen LogP contribution in [-0.4, -0.2) is 34.9 Å². The van der Waals surface area contributed by atoms with E-state index in [-0.39, 0.29) is 24.3 Å². The third-order valence-electron chi connectivity index (χ3n) is 3.33. The van der Waals surface area contributed by atoms with Gasteiger partial charge in [-0.15, -0.1) is 0 Å². The number of rotatable bonds is 8. The maximum absolute atomic E-state index is 12.6. The molecule has 1 unspecified atom stereocenters. The standard InChI is InChI=1S/C17H20F3NO4S/c1-11-6-8-14(9-7-11)26(24)12(2)15(25-13(3)22)5-4-10-21-16(23)17(18,19)20/h6-9,15H,2,4-5,10H2,1,3H3,(H,21,23)/t15?,26-/m1/s1. The second-order valence-corrected chi connectivity index (χ2v) is 7.08. The molecule has 0 aliphatic carbocycles.